The maximum absolute atomic E-state index is 12.8. The number of benzene rings is 2. The van der Waals surface area contributed by atoms with Crippen LogP contribution in [0.5, 0.6) is 0 Å². The minimum absolute atomic E-state index is 0.124. The number of aromatic nitrogens is 1. The van der Waals surface area contributed by atoms with Gasteiger partial charge in [0.1, 0.15) is 6.07 Å². The predicted octanol–water partition coefficient (Wildman–Crippen LogP) is 4.72. The van der Waals surface area contributed by atoms with Crippen molar-refractivity contribution in [2.45, 2.75) is 34.6 Å². The summed E-state index contributed by atoms with van der Waals surface area (Å²) in [6.45, 7) is 10.2. The quantitative estimate of drug-likeness (QED) is 0.704. The zero-order valence-corrected chi connectivity index (χ0v) is 17.8. The van der Waals surface area contributed by atoms with Crippen LogP contribution in [0.15, 0.2) is 30.5 Å². The number of nitrogens with zero attached hydrogens (tertiary/aromatic N) is 3. The summed E-state index contributed by atoms with van der Waals surface area (Å²) in [5.41, 5.74) is 8.28. The highest BCUT2D eigenvalue weighted by molar-refractivity contribution is 6.00. The van der Waals surface area contributed by atoms with E-state index in [1.165, 1.54) is 5.56 Å². The van der Waals surface area contributed by atoms with Crippen molar-refractivity contribution in [2.75, 3.05) is 23.8 Å². The second-order valence-corrected chi connectivity index (χ2v) is 7.79. The average molecular weight is 386 g/mol. The lowest BCUT2D eigenvalue weighted by atomic mass is 10.0. The highest BCUT2D eigenvalue weighted by Crippen LogP contribution is 2.31. The Morgan fingerprint density at radius 1 is 1.03 bits per heavy atom. The molecule has 0 fully saturated rings. The minimum atomic E-state index is -0.124. The molecule has 1 aromatic heterocycles. The molecule has 1 amide bonds. The van der Waals surface area contributed by atoms with Crippen molar-refractivity contribution in [1.29, 1.82) is 5.26 Å². The van der Waals surface area contributed by atoms with Gasteiger partial charge in [0.25, 0.3) is 0 Å². The molecule has 0 saturated carbocycles. The Bertz CT molecular complexity index is 1130. The predicted molar refractivity (Wildman–Crippen MR) is 118 cm³/mol. The molecule has 1 heterocycles. The van der Waals surface area contributed by atoms with Crippen molar-refractivity contribution in [2.24, 2.45) is 0 Å². The molecule has 3 rings (SSSR count). The van der Waals surface area contributed by atoms with Gasteiger partial charge in [-0.05, 0) is 57.4 Å². The van der Waals surface area contributed by atoms with Gasteiger partial charge in [-0.3, -0.25) is 9.78 Å². The van der Waals surface area contributed by atoms with Crippen molar-refractivity contribution >= 4 is 28.2 Å². The minimum Gasteiger partial charge on any atom is -0.364 e. The van der Waals surface area contributed by atoms with E-state index in [2.05, 4.69) is 34.6 Å². The summed E-state index contributed by atoms with van der Waals surface area (Å²) in [6, 6.07) is 10.4. The highest BCUT2D eigenvalue weighted by Gasteiger charge is 2.18. The molecule has 0 unspecified atom stereocenters. The molecule has 29 heavy (non-hydrogen) atoms. The van der Waals surface area contributed by atoms with Crippen LogP contribution in [0.25, 0.3) is 10.9 Å². The molecule has 0 radical (unpaired) electrons. The van der Waals surface area contributed by atoms with Crippen LogP contribution in [-0.2, 0) is 4.79 Å². The maximum atomic E-state index is 12.8. The van der Waals surface area contributed by atoms with Gasteiger partial charge in [0, 0.05) is 24.3 Å². The van der Waals surface area contributed by atoms with E-state index >= 15 is 0 Å². The zero-order chi connectivity index (χ0) is 21.3. The van der Waals surface area contributed by atoms with Gasteiger partial charge in [-0.1, -0.05) is 29.3 Å². The monoisotopic (exact) mass is 386 g/mol. The molecule has 0 atom stereocenters. The van der Waals surface area contributed by atoms with Crippen LogP contribution in [0.2, 0.25) is 0 Å². The molecule has 148 valence electrons. The van der Waals surface area contributed by atoms with Gasteiger partial charge in [-0.25, -0.2) is 0 Å². The van der Waals surface area contributed by atoms with E-state index in [9.17, 15) is 10.1 Å². The number of carbonyl (C=O) groups is 1. The topological polar surface area (TPSA) is 69.0 Å². The lowest BCUT2D eigenvalue weighted by Gasteiger charge is -2.23. The molecule has 5 heteroatoms. The van der Waals surface area contributed by atoms with E-state index in [0.717, 1.165) is 44.5 Å². The number of amides is 1. The molecule has 0 aliphatic heterocycles. The van der Waals surface area contributed by atoms with Crippen molar-refractivity contribution in [3.8, 4) is 6.07 Å². The number of aryl methyl sites for hydroxylation is 5. The Kier molecular flexibility index (Phi) is 5.56. The number of pyridine rings is 1. The number of carbonyl (C=O) groups excluding carboxylic acids is 1. The Hall–Kier alpha value is -3.39. The third kappa shape index (κ3) is 4.07. The standard InChI is InChI=1S/C24H26N4O/c1-14-7-16(3)22(17(4)8-14)27-21(29)13-28(6)24-19(11-25)12-26-23-18(5)9-15(2)10-20(23)24/h7-10,12H,13H2,1-6H3,(H,27,29). The second-order valence-electron chi connectivity index (χ2n) is 7.79. The SMILES string of the molecule is Cc1cc(C)c(NC(=O)CN(C)c2c(C#N)cnc3c(C)cc(C)cc23)c(C)c1. The van der Waals surface area contributed by atoms with Gasteiger partial charge in [0.15, 0.2) is 0 Å². The molecular weight excluding hydrogens is 360 g/mol. The van der Waals surface area contributed by atoms with Crippen LogP contribution in [0.3, 0.4) is 0 Å². The number of nitrogens with one attached hydrogen (secondary N) is 1. The maximum Gasteiger partial charge on any atom is 0.243 e. The lowest BCUT2D eigenvalue weighted by Crippen LogP contribution is -2.31. The van der Waals surface area contributed by atoms with Crippen molar-refractivity contribution in [3.63, 3.8) is 0 Å². The molecule has 5 nitrogen and oxygen atoms in total. The molecule has 0 aliphatic rings. The van der Waals surface area contributed by atoms with Gasteiger partial charge < -0.3 is 10.2 Å². The van der Waals surface area contributed by atoms with Gasteiger partial charge in [0.2, 0.25) is 5.91 Å². The second kappa shape index (κ2) is 7.92. The number of anilines is 2. The van der Waals surface area contributed by atoms with Gasteiger partial charge in [-0.15, -0.1) is 0 Å². The fourth-order valence-corrected chi connectivity index (χ4v) is 3.99. The van der Waals surface area contributed by atoms with Crippen molar-refractivity contribution < 1.29 is 4.79 Å². The molecule has 0 bridgehead atoms. The summed E-state index contributed by atoms with van der Waals surface area (Å²) in [5, 5.41) is 13.5. The summed E-state index contributed by atoms with van der Waals surface area (Å²) >= 11 is 0. The molecule has 0 aliphatic carbocycles. The number of rotatable bonds is 4. The van der Waals surface area contributed by atoms with Crippen molar-refractivity contribution in [1.82, 2.24) is 4.98 Å². The number of hydrogen-bond donors (Lipinski definition) is 1. The fourth-order valence-electron chi connectivity index (χ4n) is 3.99. The Labute approximate surface area is 172 Å². The summed E-state index contributed by atoms with van der Waals surface area (Å²) in [7, 11) is 1.84. The van der Waals surface area contributed by atoms with E-state index in [1.807, 2.05) is 52.6 Å². The largest absolute Gasteiger partial charge is 0.364 e. The Morgan fingerprint density at radius 3 is 2.24 bits per heavy atom. The summed E-state index contributed by atoms with van der Waals surface area (Å²) < 4.78 is 0. The Morgan fingerprint density at radius 2 is 1.62 bits per heavy atom. The van der Waals surface area contributed by atoms with Crippen LogP contribution in [0.1, 0.15) is 33.4 Å². The van der Waals surface area contributed by atoms with E-state index in [1.54, 1.807) is 6.20 Å². The first-order valence-corrected chi connectivity index (χ1v) is 9.60. The third-order valence-electron chi connectivity index (χ3n) is 5.10. The smallest absolute Gasteiger partial charge is 0.243 e. The van der Waals surface area contributed by atoms with Crippen molar-refractivity contribution in [3.05, 3.63) is 63.8 Å². The number of hydrogen-bond acceptors (Lipinski definition) is 4. The normalized spacial score (nSPS) is 10.7. The third-order valence-corrected chi connectivity index (χ3v) is 5.10. The lowest BCUT2D eigenvalue weighted by molar-refractivity contribution is -0.114. The van der Waals surface area contributed by atoms with Crippen LogP contribution in [0.4, 0.5) is 11.4 Å². The Balaban J connectivity index is 1.95. The number of likely N-dealkylation sites (N-methyl/N-ethyl adjacent to an activating group) is 1. The first kappa shape index (κ1) is 20.3. The van der Waals surface area contributed by atoms with Gasteiger partial charge in [0.05, 0.1) is 23.3 Å². The average Bonchev–Trinajstić information content (AvgIpc) is 2.63. The first-order valence-electron chi connectivity index (χ1n) is 9.60. The molecular formula is C24H26N4O. The number of nitriles is 1. The summed E-state index contributed by atoms with van der Waals surface area (Å²) in [6.07, 6.45) is 1.59. The summed E-state index contributed by atoms with van der Waals surface area (Å²) in [4.78, 5) is 19.1. The molecule has 2 aromatic carbocycles. The van der Waals surface area contributed by atoms with E-state index in [0.29, 0.717) is 5.56 Å². The molecule has 1 N–H and O–H groups in total. The van der Waals surface area contributed by atoms with Crippen LogP contribution in [0, 0.1) is 45.9 Å². The number of fused-ring (bicyclic) bond motifs is 1. The van der Waals surface area contributed by atoms with Crippen LogP contribution in [-0.4, -0.2) is 24.5 Å². The molecule has 0 spiro atoms. The zero-order valence-electron chi connectivity index (χ0n) is 17.8. The van der Waals surface area contributed by atoms with E-state index in [4.69, 9.17) is 0 Å². The molecule has 0 saturated heterocycles. The fraction of sp³-hybridized carbons (Fsp3) is 0.292. The van der Waals surface area contributed by atoms with Gasteiger partial charge in [-0.2, -0.15) is 5.26 Å². The molecule has 3 aromatic rings. The van der Waals surface area contributed by atoms with E-state index < -0.39 is 0 Å². The van der Waals surface area contributed by atoms with Crippen LogP contribution >= 0.6 is 0 Å². The van der Waals surface area contributed by atoms with Gasteiger partial charge >= 0.3 is 0 Å². The summed E-state index contributed by atoms with van der Waals surface area (Å²) in [5.74, 6) is -0.124. The first-order chi connectivity index (χ1) is 13.7. The van der Waals surface area contributed by atoms with Crippen LogP contribution < -0.4 is 10.2 Å². The highest BCUT2D eigenvalue weighted by atomic mass is 16.2. The van der Waals surface area contributed by atoms with E-state index in [-0.39, 0.29) is 12.5 Å².